The summed E-state index contributed by atoms with van der Waals surface area (Å²) in [6.07, 6.45) is 1.64. The number of hydrogen-bond donors (Lipinski definition) is 2. The molecule has 1 aromatic carbocycles. The number of halogens is 1. The Labute approximate surface area is 230 Å². The van der Waals surface area contributed by atoms with Gasteiger partial charge in [0, 0.05) is 27.6 Å². The molecule has 0 aromatic heterocycles. The summed E-state index contributed by atoms with van der Waals surface area (Å²) in [6.45, 7) is 6.10. The number of alkyl halides is 1. The van der Waals surface area contributed by atoms with Crippen LogP contribution in [0.15, 0.2) is 30.3 Å². The van der Waals surface area contributed by atoms with Crippen molar-refractivity contribution in [1.82, 2.24) is 20.4 Å². The molecule has 5 unspecified atom stereocenters. The molecule has 1 saturated heterocycles. The average molecular weight is 547 g/mol. The van der Waals surface area contributed by atoms with Gasteiger partial charge in [0.15, 0.2) is 5.78 Å². The van der Waals surface area contributed by atoms with Gasteiger partial charge in [-0.1, -0.05) is 44.2 Å². The summed E-state index contributed by atoms with van der Waals surface area (Å²) in [5.41, 5.74) is 0.802. The van der Waals surface area contributed by atoms with Gasteiger partial charge in [0.2, 0.25) is 23.6 Å². The second-order valence-corrected chi connectivity index (χ2v) is 11.0. The average Bonchev–Trinajstić information content (AvgIpc) is 3.38. The number of benzene rings is 1. The van der Waals surface area contributed by atoms with Crippen LogP contribution in [0, 0.1) is 17.8 Å². The number of Topliss-reactive ketones (excluding diaryl/α,β-unsaturated/α-hetero) is 1. The Morgan fingerprint density at radius 3 is 2.21 bits per heavy atom. The van der Waals surface area contributed by atoms with Crippen LogP contribution in [-0.4, -0.2) is 84.7 Å². The van der Waals surface area contributed by atoms with E-state index < -0.39 is 54.2 Å². The maximum Gasteiger partial charge on any atom is 0.243 e. The van der Waals surface area contributed by atoms with Crippen molar-refractivity contribution < 1.29 is 28.4 Å². The molecule has 1 aliphatic heterocycles. The minimum absolute atomic E-state index is 0.0101. The van der Waals surface area contributed by atoms with Crippen molar-refractivity contribution in [3.8, 4) is 0 Å². The smallest absolute Gasteiger partial charge is 0.243 e. The Morgan fingerprint density at radius 1 is 1.03 bits per heavy atom. The summed E-state index contributed by atoms with van der Waals surface area (Å²) in [5, 5.41) is 5.35. The zero-order chi connectivity index (χ0) is 29.3. The highest BCUT2D eigenvalue weighted by atomic mass is 19.1. The van der Waals surface area contributed by atoms with Crippen LogP contribution in [0.2, 0.25) is 0 Å². The van der Waals surface area contributed by atoms with Crippen LogP contribution in [0.4, 0.5) is 4.39 Å². The van der Waals surface area contributed by atoms with Crippen LogP contribution in [0.1, 0.15) is 52.5 Å². The van der Waals surface area contributed by atoms with E-state index in [-0.39, 0.29) is 30.6 Å². The van der Waals surface area contributed by atoms with Crippen LogP contribution in [-0.2, 0) is 30.4 Å². The number of hydrogen-bond acceptors (Lipinski definition) is 5. The lowest BCUT2D eigenvalue weighted by Gasteiger charge is -2.30. The van der Waals surface area contributed by atoms with E-state index in [1.807, 2.05) is 44.2 Å². The van der Waals surface area contributed by atoms with E-state index in [9.17, 15) is 28.4 Å². The first-order valence-electron chi connectivity index (χ1n) is 13.6. The Balaban J connectivity index is 2.21. The van der Waals surface area contributed by atoms with Gasteiger partial charge in [0.25, 0.3) is 0 Å². The predicted molar refractivity (Wildman–Crippen MR) is 146 cm³/mol. The Hall–Kier alpha value is -3.30. The zero-order valence-electron chi connectivity index (χ0n) is 23.9. The Bertz CT molecular complexity index is 1020. The van der Waals surface area contributed by atoms with E-state index in [0.717, 1.165) is 5.56 Å². The van der Waals surface area contributed by atoms with Crippen LogP contribution in [0.25, 0.3) is 0 Å². The molecule has 10 heteroatoms. The van der Waals surface area contributed by atoms with Crippen molar-refractivity contribution in [3.05, 3.63) is 35.9 Å². The number of carbonyl (C=O) groups is 5. The summed E-state index contributed by atoms with van der Waals surface area (Å²) in [5.74, 6) is -4.35. The van der Waals surface area contributed by atoms with E-state index in [0.29, 0.717) is 19.4 Å². The molecule has 1 aliphatic rings. The first-order valence-corrected chi connectivity index (χ1v) is 13.6. The molecule has 1 heterocycles. The summed E-state index contributed by atoms with van der Waals surface area (Å²) < 4.78 is 14.5. The molecule has 0 spiro atoms. The molecular weight excluding hydrogens is 503 g/mol. The van der Waals surface area contributed by atoms with Gasteiger partial charge in [-0.05, 0) is 44.1 Å². The number of ketones is 1. The number of nitrogens with zero attached hydrogens (tertiary/aromatic N) is 2. The van der Waals surface area contributed by atoms with Crippen LogP contribution < -0.4 is 10.6 Å². The van der Waals surface area contributed by atoms with Gasteiger partial charge in [-0.3, -0.25) is 28.4 Å². The molecule has 0 bridgehead atoms. The van der Waals surface area contributed by atoms with Gasteiger partial charge in [0.05, 0.1) is 24.6 Å². The second kappa shape index (κ2) is 14.7. The van der Waals surface area contributed by atoms with Crippen molar-refractivity contribution in [3.63, 3.8) is 0 Å². The fourth-order valence-electron chi connectivity index (χ4n) is 5.05. The monoisotopic (exact) mass is 546 g/mol. The molecule has 9 nitrogen and oxygen atoms in total. The number of nitrogens with one attached hydrogen (secondary N) is 2. The molecule has 4 amide bonds. The highest BCUT2D eigenvalue weighted by Crippen LogP contribution is 2.25. The van der Waals surface area contributed by atoms with Crippen LogP contribution in [0.3, 0.4) is 0 Å². The van der Waals surface area contributed by atoms with Crippen LogP contribution in [0.5, 0.6) is 0 Å². The van der Waals surface area contributed by atoms with Gasteiger partial charge in [0.1, 0.15) is 12.1 Å². The van der Waals surface area contributed by atoms with E-state index in [4.69, 9.17) is 0 Å². The second-order valence-electron chi connectivity index (χ2n) is 11.0. The maximum absolute atomic E-state index is 14.5. The molecular formula is C29H43FN4O5. The van der Waals surface area contributed by atoms with Crippen molar-refractivity contribution in [2.45, 2.75) is 71.5 Å². The molecule has 5 atom stereocenters. The topological polar surface area (TPSA) is 116 Å². The minimum Gasteiger partial charge on any atom is -0.349 e. The molecule has 216 valence electrons. The highest BCUT2D eigenvalue weighted by Gasteiger charge is 2.39. The van der Waals surface area contributed by atoms with E-state index in [2.05, 4.69) is 10.6 Å². The quantitative estimate of drug-likeness (QED) is 0.393. The predicted octanol–water partition coefficient (Wildman–Crippen LogP) is 2.13. The molecule has 2 N–H and O–H groups in total. The molecule has 0 saturated carbocycles. The number of carbonyl (C=O) groups excluding carboxylic acids is 5. The fraction of sp³-hybridized carbons (Fsp3) is 0.621. The maximum atomic E-state index is 14.5. The molecule has 0 radical (unpaired) electrons. The first-order chi connectivity index (χ1) is 18.4. The molecule has 1 fully saturated rings. The highest BCUT2D eigenvalue weighted by molar-refractivity contribution is 5.96. The standard InChI is InChI=1S/C29H43FN4O5/c1-18(2)15-24(32-27(37)19(3)31-28(38)25-13-10-14-34(25)20(4)35)26(36)23(17-30)22(29(39)33(5)6)16-21-11-8-7-9-12-21/h7-9,11-12,18-19,22-25H,10,13-17H2,1-6H3,(H,31,38)(H,32,37). The van der Waals surface area contributed by atoms with E-state index in [1.165, 1.54) is 23.6 Å². The van der Waals surface area contributed by atoms with Gasteiger partial charge in [-0.25, -0.2) is 0 Å². The number of amides is 4. The summed E-state index contributed by atoms with van der Waals surface area (Å²) in [7, 11) is 3.13. The third-order valence-corrected chi connectivity index (χ3v) is 7.15. The fourth-order valence-corrected chi connectivity index (χ4v) is 5.05. The third-order valence-electron chi connectivity index (χ3n) is 7.15. The van der Waals surface area contributed by atoms with Crippen molar-refractivity contribution >= 4 is 29.4 Å². The van der Waals surface area contributed by atoms with E-state index >= 15 is 0 Å². The van der Waals surface area contributed by atoms with Crippen molar-refractivity contribution in [2.24, 2.45) is 17.8 Å². The van der Waals surface area contributed by atoms with Gasteiger partial charge in [-0.2, -0.15) is 0 Å². The molecule has 2 rings (SSSR count). The zero-order valence-corrected chi connectivity index (χ0v) is 23.9. The van der Waals surface area contributed by atoms with Crippen molar-refractivity contribution in [1.29, 1.82) is 0 Å². The van der Waals surface area contributed by atoms with Gasteiger partial charge >= 0.3 is 0 Å². The van der Waals surface area contributed by atoms with Crippen LogP contribution >= 0.6 is 0 Å². The summed E-state index contributed by atoms with van der Waals surface area (Å²) in [4.78, 5) is 67.3. The molecule has 0 aliphatic carbocycles. The normalized spacial score (nSPS) is 18.2. The Morgan fingerprint density at radius 2 is 1.67 bits per heavy atom. The molecule has 39 heavy (non-hydrogen) atoms. The van der Waals surface area contributed by atoms with Gasteiger partial charge < -0.3 is 20.4 Å². The lowest BCUT2D eigenvalue weighted by atomic mass is 9.80. The number of likely N-dealkylation sites (tertiary alicyclic amines) is 1. The lowest BCUT2D eigenvalue weighted by Crippen LogP contribution is -2.55. The summed E-state index contributed by atoms with van der Waals surface area (Å²) in [6, 6.07) is 6.46. The molecule has 1 aromatic rings. The Kier molecular flexibility index (Phi) is 12.1. The third kappa shape index (κ3) is 8.86. The largest absolute Gasteiger partial charge is 0.349 e. The van der Waals surface area contributed by atoms with Gasteiger partial charge in [-0.15, -0.1) is 0 Å². The van der Waals surface area contributed by atoms with Crippen molar-refractivity contribution in [2.75, 3.05) is 27.3 Å². The summed E-state index contributed by atoms with van der Waals surface area (Å²) >= 11 is 0. The lowest BCUT2D eigenvalue weighted by molar-refractivity contribution is -0.141. The number of rotatable bonds is 13. The first kappa shape index (κ1) is 31.9. The minimum atomic E-state index is -1.25. The SMILES string of the molecule is CC(=O)N1CCCC1C(=O)NC(C)C(=O)NC(CC(C)C)C(=O)C(CF)C(Cc1ccccc1)C(=O)N(C)C. The van der Waals surface area contributed by atoms with E-state index in [1.54, 1.807) is 14.1 Å².